The van der Waals surface area contributed by atoms with E-state index in [1.54, 1.807) is 0 Å². The Balaban J connectivity index is 2.09. The molecule has 3 unspecified atom stereocenters. The summed E-state index contributed by atoms with van der Waals surface area (Å²) < 4.78 is 3.03. The summed E-state index contributed by atoms with van der Waals surface area (Å²) in [4.78, 5) is 16.2. The second-order valence-corrected chi connectivity index (χ2v) is 6.71. The van der Waals surface area contributed by atoms with Crippen molar-refractivity contribution < 1.29 is 9.90 Å². The van der Waals surface area contributed by atoms with Crippen LogP contribution >= 0.6 is 15.9 Å². The molecule has 106 valence electrons. The van der Waals surface area contributed by atoms with E-state index in [0.717, 1.165) is 34.2 Å². The van der Waals surface area contributed by atoms with E-state index in [1.165, 1.54) is 0 Å². The molecule has 3 rings (SSSR count). The maximum Gasteiger partial charge on any atom is 0.307 e. The third-order valence-electron chi connectivity index (χ3n) is 4.32. The molecule has 1 aliphatic rings. The fourth-order valence-corrected chi connectivity index (χ4v) is 3.72. The van der Waals surface area contributed by atoms with Gasteiger partial charge in [0.15, 0.2) is 0 Å². The summed E-state index contributed by atoms with van der Waals surface area (Å²) in [5, 5.41) is 9.43. The summed E-state index contributed by atoms with van der Waals surface area (Å²) in [7, 11) is 1.97. The Bertz CT molecular complexity index is 680. The van der Waals surface area contributed by atoms with Gasteiger partial charge in [-0.3, -0.25) is 4.79 Å². The zero-order valence-corrected chi connectivity index (χ0v) is 13.1. The number of halogens is 1. The number of carboxylic acids is 1. The van der Waals surface area contributed by atoms with E-state index in [9.17, 15) is 9.90 Å². The molecule has 1 aromatic carbocycles. The van der Waals surface area contributed by atoms with E-state index in [0.29, 0.717) is 5.92 Å². The standard InChI is InChI=1S/C15H17BrN2O2/c1-8-5-10(11(6-8)15(19)20)14-17-12-7-9(16)3-4-13(12)18(14)2/h3-4,7-8,10-11H,5-6H2,1-2H3,(H,19,20). The van der Waals surface area contributed by atoms with Crippen molar-refractivity contribution in [2.75, 3.05) is 0 Å². The van der Waals surface area contributed by atoms with Crippen LogP contribution in [-0.4, -0.2) is 20.6 Å². The quantitative estimate of drug-likeness (QED) is 0.912. The first kappa shape index (κ1) is 13.6. The van der Waals surface area contributed by atoms with Crippen LogP contribution in [0.4, 0.5) is 0 Å². The minimum atomic E-state index is -0.701. The summed E-state index contributed by atoms with van der Waals surface area (Å²) in [6, 6.07) is 5.98. The van der Waals surface area contributed by atoms with Crippen LogP contribution in [0.25, 0.3) is 11.0 Å². The van der Waals surface area contributed by atoms with E-state index >= 15 is 0 Å². The predicted octanol–water partition coefficient (Wildman–Crippen LogP) is 3.55. The molecule has 4 nitrogen and oxygen atoms in total. The van der Waals surface area contributed by atoms with Gasteiger partial charge in [0.1, 0.15) is 5.82 Å². The maximum absolute atomic E-state index is 11.5. The normalized spacial score (nSPS) is 26.2. The highest BCUT2D eigenvalue weighted by Gasteiger charge is 2.40. The van der Waals surface area contributed by atoms with Gasteiger partial charge in [-0.1, -0.05) is 22.9 Å². The summed E-state index contributed by atoms with van der Waals surface area (Å²) in [6.45, 7) is 2.12. The predicted molar refractivity (Wildman–Crippen MR) is 80.7 cm³/mol. The monoisotopic (exact) mass is 336 g/mol. The lowest BCUT2D eigenvalue weighted by Crippen LogP contribution is -2.19. The molecule has 2 aromatic rings. The van der Waals surface area contributed by atoms with Crippen LogP contribution in [0.15, 0.2) is 22.7 Å². The first-order valence-corrected chi connectivity index (χ1v) is 7.61. The van der Waals surface area contributed by atoms with E-state index in [1.807, 2.05) is 29.8 Å². The van der Waals surface area contributed by atoms with Crippen LogP contribution in [0.5, 0.6) is 0 Å². The van der Waals surface area contributed by atoms with Crippen LogP contribution in [0.3, 0.4) is 0 Å². The second kappa shape index (κ2) is 4.88. The van der Waals surface area contributed by atoms with Crippen LogP contribution in [-0.2, 0) is 11.8 Å². The molecule has 1 saturated carbocycles. The van der Waals surface area contributed by atoms with E-state index < -0.39 is 5.97 Å². The zero-order valence-electron chi connectivity index (χ0n) is 11.5. The lowest BCUT2D eigenvalue weighted by Gasteiger charge is -2.15. The topological polar surface area (TPSA) is 55.1 Å². The Hall–Kier alpha value is -1.36. The number of rotatable bonds is 2. The first-order valence-electron chi connectivity index (χ1n) is 6.82. The molecular formula is C15H17BrN2O2. The van der Waals surface area contributed by atoms with Gasteiger partial charge in [0, 0.05) is 17.4 Å². The Morgan fingerprint density at radius 1 is 1.45 bits per heavy atom. The summed E-state index contributed by atoms with van der Waals surface area (Å²) >= 11 is 3.45. The Morgan fingerprint density at radius 3 is 2.90 bits per heavy atom. The van der Waals surface area contributed by atoms with Crippen molar-refractivity contribution in [2.45, 2.75) is 25.7 Å². The number of hydrogen-bond donors (Lipinski definition) is 1. The SMILES string of the molecule is CC1CC(C(=O)O)C(c2nc3cc(Br)ccc3n2C)C1. The maximum atomic E-state index is 11.5. The largest absolute Gasteiger partial charge is 0.481 e. The molecule has 0 spiro atoms. The minimum Gasteiger partial charge on any atom is -0.481 e. The lowest BCUT2D eigenvalue weighted by molar-refractivity contribution is -0.142. The van der Waals surface area contributed by atoms with Crippen molar-refractivity contribution in [3.8, 4) is 0 Å². The smallest absolute Gasteiger partial charge is 0.307 e. The van der Waals surface area contributed by atoms with Crippen LogP contribution in [0, 0.1) is 11.8 Å². The van der Waals surface area contributed by atoms with Gasteiger partial charge in [0.2, 0.25) is 0 Å². The number of carboxylic acid groups (broad SMARTS) is 1. The zero-order chi connectivity index (χ0) is 14.4. The molecule has 1 aliphatic carbocycles. The molecule has 1 N–H and O–H groups in total. The summed E-state index contributed by atoms with van der Waals surface area (Å²) in [5.74, 6) is 0.331. The Kier molecular flexibility index (Phi) is 3.32. The molecular weight excluding hydrogens is 320 g/mol. The summed E-state index contributed by atoms with van der Waals surface area (Å²) in [6.07, 6.45) is 1.64. The van der Waals surface area contributed by atoms with Gasteiger partial charge < -0.3 is 9.67 Å². The molecule has 1 heterocycles. The lowest BCUT2D eigenvalue weighted by atomic mass is 9.95. The van der Waals surface area contributed by atoms with Gasteiger partial charge >= 0.3 is 5.97 Å². The minimum absolute atomic E-state index is 0.0127. The van der Waals surface area contributed by atoms with E-state index in [2.05, 4.69) is 22.9 Å². The fraction of sp³-hybridized carbons (Fsp3) is 0.467. The highest BCUT2D eigenvalue weighted by molar-refractivity contribution is 9.10. The Labute approximate surface area is 125 Å². The molecule has 3 atom stereocenters. The van der Waals surface area contributed by atoms with Gasteiger partial charge in [-0.15, -0.1) is 0 Å². The third-order valence-corrected chi connectivity index (χ3v) is 4.82. The average Bonchev–Trinajstić information content (AvgIpc) is 2.90. The van der Waals surface area contributed by atoms with Crippen molar-refractivity contribution in [1.82, 2.24) is 9.55 Å². The van der Waals surface area contributed by atoms with Crippen LogP contribution in [0.2, 0.25) is 0 Å². The van der Waals surface area contributed by atoms with Gasteiger partial charge in [-0.25, -0.2) is 4.98 Å². The van der Waals surface area contributed by atoms with Crippen molar-refractivity contribution in [3.63, 3.8) is 0 Å². The van der Waals surface area contributed by atoms with Crippen molar-refractivity contribution in [2.24, 2.45) is 18.9 Å². The number of fused-ring (bicyclic) bond motifs is 1. The number of aromatic nitrogens is 2. The highest BCUT2D eigenvalue weighted by Crippen LogP contribution is 2.43. The van der Waals surface area contributed by atoms with Gasteiger partial charge in [-0.05, 0) is 37.0 Å². The molecule has 0 amide bonds. The van der Waals surface area contributed by atoms with Crippen molar-refractivity contribution in [1.29, 1.82) is 0 Å². The van der Waals surface area contributed by atoms with E-state index in [-0.39, 0.29) is 11.8 Å². The first-order chi connectivity index (χ1) is 9.47. The number of benzene rings is 1. The molecule has 20 heavy (non-hydrogen) atoms. The van der Waals surface area contributed by atoms with Gasteiger partial charge in [0.05, 0.1) is 17.0 Å². The number of carbonyl (C=O) groups is 1. The molecule has 0 aliphatic heterocycles. The van der Waals surface area contributed by atoms with Crippen LogP contribution in [0.1, 0.15) is 31.5 Å². The van der Waals surface area contributed by atoms with Gasteiger partial charge in [-0.2, -0.15) is 0 Å². The average molecular weight is 337 g/mol. The van der Waals surface area contributed by atoms with E-state index in [4.69, 9.17) is 4.98 Å². The molecule has 0 bridgehead atoms. The third kappa shape index (κ3) is 2.14. The molecule has 1 aromatic heterocycles. The number of hydrogen-bond acceptors (Lipinski definition) is 2. The summed E-state index contributed by atoms with van der Waals surface area (Å²) in [5.41, 5.74) is 1.97. The van der Waals surface area contributed by atoms with Crippen molar-refractivity contribution >= 4 is 32.9 Å². The fourth-order valence-electron chi connectivity index (χ4n) is 3.37. The molecule has 1 fully saturated rings. The highest BCUT2D eigenvalue weighted by atomic mass is 79.9. The Morgan fingerprint density at radius 2 is 2.20 bits per heavy atom. The van der Waals surface area contributed by atoms with Crippen molar-refractivity contribution in [3.05, 3.63) is 28.5 Å². The number of nitrogens with zero attached hydrogens (tertiary/aromatic N) is 2. The molecule has 5 heteroatoms. The second-order valence-electron chi connectivity index (χ2n) is 5.79. The number of aryl methyl sites for hydroxylation is 1. The van der Waals surface area contributed by atoms with Gasteiger partial charge in [0.25, 0.3) is 0 Å². The van der Waals surface area contributed by atoms with Crippen LogP contribution < -0.4 is 0 Å². The molecule has 0 saturated heterocycles. The number of imidazole rings is 1. The number of aliphatic carboxylic acids is 1. The molecule has 0 radical (unpaired) electrons.